The standard InChI is InChI=1S/C14H25N3OS/c1-5-10(2)13-12(8-15-4)19-14(16-13)17-6-7-18-9-11(17)3/h10-11,15H,5-9H2,1-4H3. The van der Waals surface area contributed by atoms with E-state index in [2.05, 4.69) is 31.0 Å². The molecular formula is C14H25N3OS. The summed E-state index contributed by atoms with van der Waals surface area (Å²) in [6, 6.07) is 0.423. The molecule has 4 nitrogen and oxygen atoms in total. The van der Waals surface area contributed by atoms with Gasteiger partial charge in [0.15, 0.2) is 5.13 Å². The van der Waals surface area contributed by atoms with Gasteiger partial charge in [-0.05, 0) is 26.3 Å². The number of hydrogen-bond donors (Lipinski definition) is 1. The average molecular weight is 283 g/mol. The summed E-state index contributed by atoms with van der Waals surface area (Å²) in [5, 5.41) is 4.42. The predicted octanol–water partition coefficient (Wildman–Crippen LogP) is 2.60. The first kappa shape index (κ1) is 14.8. The number of thiazole rings is 1. The molecule has 1 N–H and O–H groups in total. The largest absolute Gasteiger partial charge is 0.377 e. The molecule has 1 saturated heterocycles. The van der Waals surface area contributed by atoms with Gasteiger partial charge < -0.3 is 15.0 Å². The van der Waals surface area contributed by atoms with Gasteiger partial charge in [-0.2, -0.15) is 0 Å². The van der Waals surface area contributed by atoms with Gasteiger partial charge in [0.25, 0.3) is 0 Å². The smallest absolute Gasteiger partial charge is 0.186 e. The summed E-state index contributed by atoms with van der Waals surface area (Å²) in [5.74, 6) is 0.532. The van der Waals surface area contributed by atoms with Crippen LogP contribution < -0.4 is 10.2 Å². The third-order valence-electron chi connectivity index (χ3n) is 3.75. The van der Waals surface area contributed by atoms with Crippen LogP contribution in [0.5, 0.6) is 0 Å². The molecule has 19 heavy (non-hydrogen) atoms. The molecule has 0 aromatic carbocycles. The van der Waals surface area contributed by atoms with Gasteiger partial charge in [0.1, 0.15) is 0 Å². The molecule has 108 valence electrons. The number of nitrogens with zero attached hydrogens (tertiary/aromatic N) is 2. The lowest BCUT2D eigenvalue weighted by Crippen LogP contribution is -2.43. The Morgan fingerprint density at radius 2 is 2.37 bits per heavy atom. The zero-order valence-electron chi connectivity index (χ0n) is 12.4. The van der Waals surface area contributed by atoms with E-state index in [4.69, 9.17) is 9.72 Å². The summed E-state index contributed by atoms with van der Waals surface area (Å²) < 4.78 is 5.51. The van der Waals surface area contributed by atoms with Crippen LogP contribution in [0.2, 0.25) is 0 Å². The van der Waals surface area contributed by atoms with E-state index in [0.29, 0.717) is 12.0 Å². The van der Waals surface area contributed by atoms with E-state index < -0.39 is 0 Å². The second-order valence-electron chi connectivity index (χ2n) is 5.26. The molecule has 0 aliphatic carbocycles. The Kier molecular flexibility index (Phi) is 5.19. The number of anilines is 1. The first-order valence-electron chi connectivity index (χ1n) is 7.15. The molecule has 2 unspecified atom stereocenters. The molecule has 1 fully saturated rings. The predicted molar refractivity (Wildman–Crippen MR) is 81.2 cm³/mol. The minimum Gasteiger partial charge on any atom is -0.377 e. The van der Waals surface area contributed by atoms with Crippen LogP contribution in [0.15, 0.2) is 0 Å². The van der Waals surface area contributed by atoms with Gasteiger partial charge in [-0.3, -0.25) is 0 Å². The summed E-state index contributed by atoms with van der Waals surface area (Å²) in [7, 11) is 2.00. The maximum absolute atomic E-state index is 5.51. The number of morpholine rings is 1. The van der Waals surface area contributed by atoms with Crippen molar-refractivity contribution in [2.75, 3.05) is 31.7 Å². The molecule has 0 saturated carbocycles. The highest BCUT2D eigenvalue weighted by molar-refractivity contribution is 7.15. The number of rotatable bonds is 5. The Morgan fingerprint density at radius 1 is 1.58 bits per heavy atom. The normalized spacial score (nSPS) is 21.7. The van der Waals surface area contributed by atoms with Crippen molar-refractivity contribution >= 4 is 16.5 Å². The molecular weight excluding hydrogens is 258 g/mol. The fourth-order valence-electron chi connectivity index (χ4n) is 2.35. The van der Waals surface area contributed by atoms with Crippen LogP contribution >= 0.6 is 11.3 Å². The molecule has 2 atom stereocenters. The van der Waals surface area contributed by atoms with Crippen molar-refractivity contribution in [1.29, 1.82) is 0 Å². The lowest BCUT2D eigenvalue weighted by molar-refractivity contribution is 0.0989. The first-order valence-corrected chi connectivity index (χ1v) is 7.97. The van der Waals surface area contributed by atoms with Crippen molar-refractivity contribution in [3.8, 4) is 0 Å². The van der Waals surface area contributed by atoms with Crippen molar-refractivity contribution < 1.29 is 4.74 Å². The van der Waals surface area contributed by atoms with Crippen molar-refractivity contribution in [3.05, 3.63) is 10.6 Å². The molecule has 2 heterocycles. The van der Waals surface area contributed by atoms with Gasteiger partial charge in [-0.15, -0.1) is 11.3 Å². The van der Waals surface area contributed by atoms with Crippen LogP contribution in [0, 0.1) is 0 Å². The highest BCUT2D eigenvalue weighted by Gasteiger charge is 2.24. The highest BCUT2D eigenvalue weighted by Crippen LogP contribution is 2.33. The molecule has 0 spiro atoms. The van der Waals surface area contributed by atoms with Crippen LogP contribution in [-0.2, 0) is 11.3 Å². The zero-order chi connectivity index (χ0) is 13.8. The third-order valence-corrected chi connectivity index (χ3v) is 4.85. The minimum atomic E-state index is 0.423. The molecule has 1 aliphatic heterocycles. The molecule has 2 rings (SSSR count). The van der Waals surface area contributed by atoms with E-state index in [1.54, 1.807) is 0 Å². The van der Waals surface area contributed by atoms with E-state index in [0.717, 1.165) is 37.9 Å². The number of ether oxygens (including phenoxy) is 1. The van der Waals surface area contributed by atoms with Crippen LogP contribution in [-0.4, -0.2) is 37.8 Å². The minimum absolute atomic E-state index is 0.423. The molecule has 1 aromatic rings. The van der Waals surface area contributed by atoms with Gasteiger partial charge in [0, 0.05) is 18.0 Å². The zero-order valence-corrected chi connectivity index (χ0v) is 13.2. The van der Waals surface area contributed by atoms with Crippen LogP contribution in [0.3, 0.4) is 0 Å². The average Bonchev–Trinajstić information content (AvgIpc) is 2.83. The SMILES string of the molecule is CCC(C)c1nc(N2CCOCC2C)sc1CNC. The molecule has 0 bridgehead atoms. The monoisotopic (exact) mass is 283 g/mol. The van der Waals surface area contributed by atoms with Crippen molar-refractivity contribution in [2.45, 2.75) is 45.7 Å². The topological polar surface area (TPSA) is 37.4 Å². The van der Waals surface area contributed by atoms with E-state index in [-0.39, 0.29) is 0 Å². The number of nitrogens with one attached hydrogen (secondary N) is 1. The van der Waals surface area contributed by atoms with Crippen molar-refractivity contribution in [1.82, 2.24) is 10.3 Å². The summed E-state index contributed by atoms with van der Waals surface area (Å²) in [5.41, 5.74) is 1.27. The van der Waals surface area contributed by atoms with Gasteiger partial charge in [-0.1, -0.05) is 13.8 Å². The van der Waals surface area contributed by atoms with Crippen LogP contribution in [0.25, 0.3) is 0 Å². The molecule has 0 radical (unpaired) electrons. The van der Waals surface area contributed by atoms with Gasteiger partial charge in [-0.25, -0.2) is 4.98 Å². The maximum atomic E-state index is 5.51. The quantitative estimate of drug-likeness (QED) is 0.901. The Balaban J connectivity index is 2.25. The van der Waals surface area contributed by atoms with E-state index >= 15 is 0 Å². The Morgan fingerprint density at radius 3 is 3.00 bits per heavy atom. The first-order chi connectivity index (χ1) is 9.17. The number of aromatic nitrogens is 1. The van der Waals surface area contributed by atoms with Crippen molar-refractivity contribution in [2.24, 2.45) is 0 Å². The summed E-state index contributed by atoms with van der Waals surface area (Å²) in [6.07, 6.45) is 1.14. The van der Waals surface area contributed by atoms with Crippen molar-refractivity contribution in [3.63, 3.8) is 0 Å². The lowest BCUT2D eigenvalue weighted by atomic mass is 10.0. The second kappa shape index (κ2) is 6.68. The lowest BCUT2D eigenvalue weighted by Gasteiger charge is -2.32. The van der Waals surface area contributed by atoms with Crippen LogP contribution in [0.4, 0.5) is 5.13 Å². The second-order valence-corrected chi connectivity index (χ2v) is 6.32. The molecule has 5 heteroatoms. The Bertz CT molecular complexity index is 407. The van der Waals surface area contributed by atoms with Gasteiger partial charge in [0.2, 0.25) is 0 Å². The number of hydrogen-bond acceptors (Lipinski definition) is 5. The summed E-state index contributed by atoms with van der Waals surface area (Å²) >= 11 is 1.83. The van der Waals surface area contributed by atoms with E-state index in [1.807, 2.05) is 18.4 Å². The van der Waals surface area contributed by atoms with Gasteiger partial charge >= 0.3 is 0 Å². The fourth-order valence-corrected chi connectivity index (χ4v) is 3.67. The molecule has 1 aromatic heterocycles. The van der Waals surface area contributed by atoms with E-state index in [1.165, 1.54) is 10.6 Å². The summed E-state index contributed by atoms with van der Waals surface area (Å²) in [6.45, 7) is 10.2. The maximum Gasteiger partial charge on any atom is 0.186 e. The van der Waals surface area contributed by atoms with E-state index in [9.17, 15) is 0 Å². The van der Waals surface area contributed by atoms with Gasteiger partial charge in [0.05, 0.1) is 24.9 Å². The summed E-state index contributed by atoms with van der Waals surface area (Å²) in [4.78, 5) is 8.69. The highest BCUT2D eigenvalue weighted by atomic mass is 32.1. The molecule has 0 amide bonds. The Hall–Kier alpha value is -0.650. The van der Waals surface area contributed by atoms with Crippen LogP contribution in [0.1, 0.15) is 43.7 Å². The third kappa shape index (κ3) is 3.27. The fraction of sp³-hybridized carbons (Fsp3) is 0.786. The molecule has 1 aliphatic rings. The Labute approximate surface area is 120 Å².